The maximum atomic E-state index is 14.7. The van der Waals surface area contributed by atoms with Crippen molar-refractivity contribution < 1.29 is 37.0 Å². The highest BCUT2D eigenvalue weighted by Crippen LogP contribution is 2.31. The Kier molecular flexibility index (Phi) is 25.2. The van der Waals surface area contributed by atoms with Crippen LogP contribution < -0.4 is 54.4 Å². The van der Waals surface area contributed by atoms with E-state index in [9.17, 15) is 32.8 Å². The minimum Gasteiger partial charge on any atom is -0.444 e. The second-order valence-electron chi connectivity index (χ2n) is 23.3. The highest BCUT2D eigenvalue weighted by atomic mass is 35.5. The Morgan fingerprint density at radius 2 is 0.909 bits per heavy atom. The van der Waals surface area contributed by atoms with Gasteiger partial charge in [0.2, 0.25) is 0 Å². The molecule has 6 atom stereocenters. The Bertz CT molecular complexity index is 3350. The molecule has 0 radical (unpaired) electrons. The van der Waals surface area contributed by atoms with E-state index in [1.807, 2.05) is 97.1 Å². The number of nitrogens with two attached hydrogens (primary N) is 3. The molecule has 0 spiro atoms. The summed E-state index contributed by atoms with van der Waals surface area (Å²) >= 11 is 5.88. The molecule has 24 heteroatoms. The molecule has 6 aromatic rings. The van der Waals surface area contributed by atoms with E-state index in [2.05, 4.69) is 52.2 Å². The fourth-order valence-electron chi connectivity index (χ4n) is 9.80. The number of benzene rings is 3. The number of carbonyl (C=O) groups is 3. The van der Waals surface area contributed by atoms with Gasteiger partial charge < -0.3 is 63.9 Å². The lowest BCUT2D eigenvalue weighted by Crippen LogP contribution is -2.50. The van der Waals surface area contributed by atoms with Gasteiger partial charge in [0.15, 0.2) is 40.7 Å². The summed E-state index contributed by atoms with van der Waals surface area (Å²) in [5.41, 5.74) is 18.0. The Balaban J connectivity index is 0.000000200. The average Bonchev–Trinajstić information content (AvgIpc) is 3.24. The molecule has 3 aromatic carbocycles. The van der Waals surface area contributed by atoms with Crippen LogP contribution in [0.3, 0.4) is 0 Å². The molecule has 3 aliphatic carbocycles. The molecule has 13 N–H and O–H groups in total. The van der Waals surface area contributed by atoms with Crippen LogP contribution in [-0.2, 0) is 9.47 Å². The maximum Gasteiger partial charge on any atom is 0.407 e. The lowest BCUT2D eigenvalue weighted by atomic mass is 9.90. The summed E-state index contributed by atoms with van der Waals surface area (Å²) < 4.78 is 53.9. The van der Waals surface area contributed by atoms with E-state index in [-0.39, 0.29) is 87.2 Å². The van der Waals surface area contributed by atoms with Crippen molar-refractivity contribution in [3.8, 4) is 12.1 Å². The van der Waals surface area contributed by atoms with Crippen LogP contribution in [0.4, 0.5) is 68.9 Å². The number of pyridine rings is 3. The second-order valence-corrected chi connectivity index (χ2v) is 23.7. The van der Waals surface area contributed by atoms with Gasteiger partial charge in [-0.25, -0.2) is 37.7 Å². The molecular weight excluding hydrogens is 1150 g/mol. The minimum absolute atomic E-state index is 0.000143. The molecule has 9 rings (SSSR count). The van der Waals surface area contributed by atoms with Crippen LogP contribution in [0, 0.1) is 40.1 Å². The number of anilines is 8. The third-order valence-electron chi connectivity index (χ3n) is 14.0. The average molecular weight is 1230 g/mol. The van der Waals surface area contributed by atoms with Crippen molar-refractivity contribution in [1.29, 1.82) is 10.5 Å². The van der Waals surface area contributed by atoms with Crippen molar-refractivity contribution in [1.82, 2.24) is 25.6 Å². The maximum absolute atomic E-state index is 14.7. The van der Waals surface area contributed by atoms with Crippen LogP contribution in [0.1, 0.15) is 140 Å². The first-order valence-electron chi connectivity index (χ1n) is 29.2. The number of hydrogen-bond acceptors (Lipinski definition) is 17. The number of nitriles is 2. The van der Waals surface area contributed by atoms with Gasteiger partial charge in [-0.2, -0.15) is 10.5 Å². The second kappa shape index (κ2) is 32.6. The predicted octanol–water partition coefficient (Wildman–Crippen LogP) is 13.1. The quantitative estimate of drug-likeness (QED) is 0.0379. The molecule has 0 aliphatic heterocycles. The molecule has 3 fully saturated rings. The van der Waals surface area contributed by atoms with Gasteiger partial charge in [-0.3, -0.25) is 4.79 Å². The zero-order chi connectivity index (χ0) is 64.0. The first-order valence-corrected chi connectivity index (χ1v) is 29.6. The molecule has 3 aliphatic rings. The van der Waals surface area contributed by atoms with Gasteiger partial charge in [0.05, 0.1) is 28.8 Å². The molecule has 0 saturated heterocycles. The Labute approximate surface area is 517 Å². The number of aromatic nitrogens is 3. The number of ether oxygens (including phenoxy) is 2. The number of nitrogens with one attached hydrogen (secondary N) is 7. The predicted molar refractivity (Wildman–Crippen MR) is 338 cm³/mol. The Hall–Kier alpha value is -9.06. The summed E-state index contributed by atoms with van der Waals surface area (Å²) in [6, 6.07) is 34.1. The molecular formula is C64H79ClF3N15O5. The van der Waals surface area contributed by atoms with E-state index < -0.39 is 46.7 Å². The standard InChI is InChI=1S/C23H28FN5O2.C18H22FN5O.C17H22ClFN4O2.C6H7N/c1-23(2,3)31-22(30)28-19-12-8-7-11-18(19)27-21-17(24)13-15(14-25)20(29-21)26-16-9-5-4-6-10-16;19-13-10-12(16(21)25)17(22-11-6-2-1-3-7-11)24-18(13)23-15-9-5-4-8-14(15)20;1-17(2,3)25-16(24)22-13-7-5-4-6-12(13)21-15-11(19)8-10(9-20)14(18)23-15;7-6-4-2-1-3-5-6/h4-6,9-10,13,18-19H,7-8,11-12H2,1-3H3,(H,28,30)(H2,26,27,29);1-3,6-7,10,14-15H,4-5,8-9,20H2,(H2,21,25)(H2,22,23,24);8,12-13H,4-7H2,1-3H3,(H,21,23)(H,22,24);1-5H,7H2/t18-,19+;14-,15+;12-,13+;/m101./s1. The van der Waals surface area contributed by atoms with Gasteiger partial charge in [-0.15, -0.1) is 0 Å². The van der Waals surface area contributed by atoms with Crippen LogP contribution in [0.2, 0.25) is 5.15 Å². The molecule has 468 valence electrons. The number of primary amides is 1. The van der Waals surface area contributed by atoms with E-state index in [0.29, 0.717) is 0 Å². The lowest BCUT2D eigenvalue weighted by molar-refractivity contribution is 0.0477. The Morgan fingerprint density at radius 1 is 0.534 bits per heavy atom. The molecule has 3 heterocycles. The zero-order valence-corrected chi connectivity index (χ0v) is 51.1. The van der Waals surface area contributed by atoms with Crippen LogP contribution in [-0.4, -0.2) is 80.5 Å². The number of nitrogen functional groups attached to an aromatic ring is 1. The number of carbonyl (C=O) groups excluding carboxylic acids is 3. The summed E-state index contributed by atoms with van der Waals surface area (Å²) in [5, 5.41) is 39.3. The first-order chi connectivity index (χ1) is 41.9. The smallest absolute Gasteiger partial charge is 0.407 e. The highest BCUT2D eigenvalue weighted by molar-refractivity contribution is 6.30. The fraction of sp³-hybridized carbons (Fsp3) is 0.406. The summed E-state index contributed by atoms with van der Waals surface area (Å²) in [6.07, 6.45) is 9.73. The summed E-state index contributed by atoms with van der Waals surface area (Å²) in [4.78, 5) is 48.4. The topological polar surface area (TPSA) is 318 Å². The monoisotopic (exact) mass is 1230 g/mol. The van der Waals surface area contributed by atoms with E-state index in [4.69, 9.17) is 43.5 Å². The molecule has 0 bridgehead atoms. The van der Waals surface area contributed by atoms with Crippen molar-refractivity contribution in [2.75, 3.05) is 32.3 Å². The van der Waals surface area contributed by atoms with Gasteiger partial charge in [-0.05, 0) is 135 Å². The summed E-state index contributed by atoms with van der Waals surface area (Å²) in [7, 11) is 0. The van der Waals surface area contributed by atoms with Crippen LogP contribution in [0.25, 0.3) is 0 Å². The van der Waals surface area contributed by atoms with Crippen molar-refractivity contribution >= 4 is 75.8 Å². The zero-order valence-electron chi connectivity index (χ0n) is 50.4. The minimum atomic E-state index is -0.745. The van der Waals surface area contributed by atoms with E-state index in [0.717, 1.165) is 106 Å². The van der Waals surface area contributed by atoms with Gasteiger partial charge in [0.1, 0.15) is 34.3 Å². The molecule has 20 nitrogen and oxygen atoms in total. The van der Waals surface area contributed by atoms with Gasteiger partial charge in [0, 0.05) is 41.2 Å². The molecule has 88 heavy (non-hydrogen) atoms. The summed E-state index contributed by atoms with van der Waals surface area (Å²) in [6.45, 7) is 10.8. The van der Waals surface area contributed by atoms with Crippen molar-refractivity contribution in [3.05, 3.63) is 148 Å². The molecule has 3 aromatic heterocycles. The van der Waals surface area contributed by atoms with Crippen molar-refractivity contribution in [3.63, 3.8) is 0 Å². The molecule has 0 unspecified atom stereocenters. The number of para-hydroxylation sites is 3. The fourth-order valence-corrected chi connectivity index (χ4v) is 9.98. The van der Waals surface area contributed by atoms with Gasteiger partial charge in [-0.1, -0.05) is 105 Å². The van der Waals surface area contributed by atoms with Crippen molar-refractivity contribution in [2.24, 2.45) is 11.5 Å². The highest BCUT2D eigenvalue weighted by Gasteiger charge is 2.32. The summed E-state index contributed by atoms with van der Waals surface area (Å²) in [5.74, 6) is -2.05. The molecule has 3 amide bonds. The normalized spacial score (nSPS) is 18.7. The van der Waals surface area contributed by atoms with Gasteiger partial charge in [0.25, 0.3) is 5.91 Å². The number of amides is 3. The van der Waals surface area contributed by atoms with Crippen LogP contribution in [0.15, 0.2) is 109 Å². The van der Waals surface area contributed by atoms with E-state index in [1.54, 1.807) is 47.6 Å². The number of halogens is 4. The number of rotatable bonds is 13. The van der Waals surface area contributed by atoms with Crippen LogP contribution in [0.5, 0.6) is 0 Å². The largest absolute Gasteiger partial charge is 0.444 e. The first kappa shape index (κ1) is 68.1. The van der Waals surface area contributed by atoms with Crippen molar-refractivity contribution in [2.45, 2.75) is 166 Å². The lowest BCUT2D eigenvalue weighted by Gasteiger charge is -2.33. The van der Waals surface area contributed by atoms with E-state index >= 15 is 0 Å². The third-order valence-corrected chi connectivity index (χ3v) is 14.3. The Morgan fingerprint density at radius 3 is 1.33 bits per heavy atom. The number of alkyl carbamates (subject to hydrolysis) is 2. The third kappa shape index (κ3) is 22.0. The van der Waals surface area contributed by atoms with Gasteiger partial charge >= 0.3 is 12.2 Å². The number of nitrogens with zero attached hydrogens (tertiary/aromatic N) is 5. The van der Waals surface area contributed by atoms with Crippen LogP contribution >= 0.6 is 11.6 Å². The molecule has 3 saturated carbocycles. The SMILES string of the molecule is CC(C)(C)OC(=O)N[C@H]1CCCC[C@H]1Nc1nc(Cl)c(C#N)cc1F.CC(C)(C)OC(=O)N[C@H]1CCCC[C@H]1Nc1nc(Nc2ccccc2)c(C#N)cc1F.NC(=O)c1cc(F)c(N[C@@H]2CCCC[C@@H]2N)nc1Nc1ccccc1.Nc1ccccc1. The van der Waals surface area contributed by atoms with E-state index in [1.165, 1.54) is 6.07 Å². The number of hydrogen-bond donors (Lipinski definition) is 10.